The fraction of sp³-hybridized carbons (Fsp3) is 0.600. The molecular formula is C15H25N3O2S. The maximum absolute atomic E-state index is 12.3. The highest BCUT2D eigenvalue weighted by Crippen LogP contribution is 2.13. The van der Waals surface area contributed by atoms with E-state index in [0.717, 1.165) is 43.6 Å². The largest absolute Gasteiger partial charge is 0.316 e. The second-order valence-corrected chi connectivity index (χ2v) is 7.56. The third kappa shape index (κ3) is 5.39. The Labute approximate surface area is 127 Å². The fourth-order valence-electron chi connectivity index (χ4n) is 2.67. The van der Waals surface area contributed by atoms with Crippen LogP contribution in [0.3, 0.4) is 0 Å². The van der Waals surface area contributed by atoms with Crippen molar-refractivity contribution in [3.8, 4) is 0 Å². The monoisotopic (exact) mass is 311 g/mol. The van der Waals surface area contributed by atoms with Gasteiger partial charge in [0.05, 0.1) is 5.75 Å². The molecule has 0 saturated carbocycles. The van der Waals surface area contributed by atoms with Crippen LogP contribution in [-0.2, 0) is 22.3 Å². The molecule has 5 nitrogen and oxygen atoms in total. The van der Waals surface area contributed by atoms with Crippen LogP contribution in [-0.4, -0.2) is 46.5 Å². The molecule has 2 rings (SSSR count). The normalized spacial score (nSPS) is 18.0. The van der Waals surface area contributed by atoms with Gasteiger partial charge >= 0.3 is 0 Å². The van der Waals surface area contributed by atoms with Crippen molar-refractivity contribution in [3.05, 3.63) is 35.4 Å². The molecule has 0 bridgehead atoms. The first-order chi connectivity index (χ1) is 9.98. The number of piperidine rings is 1. The molecule has 0 spiro atoms. The van der Waals surface area contributed by atoms with E-state index >= 15 is 0 Å². The highest BCUT2D eigenvalue weighted by molar-refractivity contribution is 7.88. The smallest absolute Gasteiger partial charge is 0.216 e. The van der Waals surface area contributed by atoms with E-state index in [0.29, 0.717) is 0 Å². The van der Waals surface area contributed by atoms with E-state index in [9.17, 15) is 8.42 Å². The van der Waals surface area contributed by atoms with Gasteiger partial charge in [-0.3, -0.25) is 0 Å². The lowest BCUT2D eigenvalue weighted by Gasteiger charge is -2.29. The van der Waals surface area contributed by atoms with Gasteiger partial charge in [-0.05, 0) is 51.2 Å². The van der Waals surface area contributed by atoms with E-state index in [4.69, 9.17) is 0 Å². The summed E-state index contributed by atoms with van der Waals surface area (Å²) in [4.78, 5) is 2.23. The molecule has 1 heterocycles. The van der Waals surface area contributed by atoms with Gasteiger partial charge in [-0.25, -0.2) is 13.1 Å². The Hall–Kier alpha value is -0.950. The van der Waals surface area contributed by atoms with Gasteiger partial charge in [0.25, 0.3) is 0 Å². The third-order valence-corrected chi connectivity index (χ3v) is 5.20. The van der Waals surface area contributed by atoms with Gasteiger partial charge in [-0.2, -0.15) is 0 Å². The SMILES string of the molecule is CNCc1cccc(CS(=O)(=O)NC2CCN(C)CC2)c1. The number of nitrogens with one attached hydrogen (secondary N) is 2. The Morgan fingerprint density at radius 3 is 2.57 bits per heavy atom. The van der Waals surface area contributed by atoms with Crippen molar-refractivity contribution >= 4 is 10.0 Å². The van der Waals surface area contributed by atoms with Crippen LogP contribution in [0.25, 0.3) is 0 Å². The summed E-state index contributed by atoms with van der Waals surface area (Å²) in [6, 6.07) is 7.80. The first kappa shape index (κ1) is 16.4. The lowest BCUT2D eigenvalue weighted by molar-refractivity contribution is 0.248. The minimum absolute atomic E-state index is 0.0525. The Bertz CT molecular complexity index is 552. The predicted molar refractivity (Wildman–Crippen MR) is 85.5 cm³/mol. The average molecular weight is 311 g/mol. The average Bonchev–Trinajstić information content (AvgIpc) is 2.41. The topological polar surface area (TPSA) is 61.4 Å². The Morgan fingerprint density at radius 1 is 1.24 bits per heavy atom. The molecule has 0 unspecified atom stereocenters. The Kier molecular flexibility index (Phi) is 5.75. The van der Waals surface area contributed by atoms with Crippen LogP contribution in [0.5, 0.6) is 0 Å². The number of nitrogens with zero attached hydrogens (tertiary/aromatic N) is 1. The summed E-state index contributed by atoms with van der Waals surface area (Å²) in [7, 11) is 0.675. The van der Waals surface area contributed by atoms with Crippen LogP contribution in [0.2, 0.25) is 0 Å². The summed E-state index contributed by atoms with van der Waals surface area (Å²) < 4.78 is 27.4. The molecule has 0 aliphatic carbocycles. The zero-order chi connectivity index (χ0) is 15.3. The zero-order valence-corrected chi connectivity index (χ0v) is 13.6. The third-order valence-electron chi connectivity index (χ3n) is 3.79. The molecule has 0 atom stereocenters. The second kappa shape index (κ2) is 7.35. The van der Waals surface area contributed by atoms with Crippen molar-refractivity contribution in [1.29, 1.82) is 0 Å². The minimum atomic E-state index is -3.27. The van der Waals surface area contributed by atoms with E-state index in [1.807, 2.05) is 31.3 Å². The molecule has 0 radical (unpaired) electrons. The van der Waals surface area contributed by atoms with E-state index in [1.54, 1.807) is 0 Å². The van der Waals surface area contributed by atoms with E-state index < -0.39 is 10.0 Å². The highest BCUT2D eigenvalue weighted by Gasteiger charge is 2.22. The summed E-state index contributed by atoms with van der Waals surface area (Å²) in [5.74, 6) is 0.0525. The Morgan fingerprint density at radius 2 is 1.90 bits per heavy atom. The molecule has 1 aromatic rings. The van der Waals surface area contributed by atoms with Crippen LogP contribution >= 0.6 is 0 Å². The minimum Gasteiger partial charge on any atom is -0.316 e. The van der Waals surface area contributed by atoms with Crippen molar-refractivity contribution in [3.63, 3.8) is 0 Å². The van der Waals surface area contributed by atoms with Crippen LogP contribution in [0.4, 0.5) is 0 Å². The number of hydrogen-bond acceptors (Lipinski definition) is 4. The maximum Gasteiger partial charge on any atom is 0.216 e. The number of hydrogen-bond donors (Lipinski definition) is 2. The standard InChI is InChI=1S/C15H25N3O2S/c1-16-11-13-4-3-5-14(10-13)12-21(19,20)17-15-6-8-18(2)9-7-15/h3-5,10,15-17H,6-9,11-12H2,1-2H3. The van der Waals surface area contributed by atoms with Crippen molar-refractivity contribution in [1.82, 2.24) is 14.9 Å². The number of benzene rings is 1. The van der Waals surface area contributed by atoms with Crippen LogP contribution in [0, 0.1) is 0 Å². The van der Waals surface area contributed by atoms with Gasteiger partial charge in [-0.1, -0.05) is 24.3 Å². The van der Waals surface area contributed by atoms with Crippen molar-refractivity contribution < 1.29 is 8.42 Å². The molecule has 1 saturated heterocycles. The first-order valence-electron chi connectivity index (χ1n) is 7.39. The first-order valence-corrected chi connectivity index (χ1v) is 9.05. The van der Waals surface area contributed by atoms with E-state index in [1.165, 1.54) is 0 Å². The van der Waals surface area contributed by atoms with Crippen molar-refractivity contribution in [2.24, 2.45) is 0 Å². The van der Waals surface area contributed by atoms with E-state index in [-0.39, 0.29) is 11.8 Å². The molecule has 1 fully saturated rings. The number of sulfonamides is 1. The molecule has 21 heavy (non-hydrogen) atoms. The molecule has 1 aliphatic rings. The molecular weight excluding hydrogens is 286 g/mol. The summed E-state index contributed by atoms with van der Waals surface area (Å²) in [5.41, 5.74) is 1.94. The van der Waals surface area contributed by atoms with Gasteiger partial charge in [0, 0.05) is 12.6 Å². The summed E-state index contributed by atoms with van der Waals surface area (Å²) in [5, 5.41) is 3.07. The summed E-state index contributed by atoms with van der Waals surface area (Å²) in [6.45, 7) is 2.64. The number of rotatable bonds is 6. The van der Waals surface area contributed by atoms with Crippen LogP contribution < -0.4 is 10.0 Å². The van der Waals surface area contributed by atoms with Gasteiger partial charge in [0.1, 0.15) is 0 Å². The van der Waals surface area contributed by atoms with Gasteiger partial charge in [-0.15, -0.1) is 0 Å². The lowest BCUT2D eigenvalue weighted by Crippen LogP contribution is -2.43. The molecule has 6 heteroatoms. The van der Waals surface area contributed by atoms with Gasteiger partial charge in [0.2, 0.25) is 10.0 Å². The Balaban J connectivity index is 1.95. The molecule has 1 aliphatic heterocycles. The predicted octanol–water partition coefficient (Wildman–Crippen LogP) is 0.920. The quantitative estimate of drug-likeness (QED) is 0.820. The highest BCUT2D eigenvalue weighted by atomic mass is 32.2. The zero-order valence-electron chi connectivity index (χ0n) is 12.8. The maximum atomic E-state index is 12.3. The molecule has 0 amide bonds. The van der Waals surface area contributed by atoms with Gasteiger partial charge < -0.3 is 10.2 Å². The second-order valence-electron chi connectivity index (χ2n) is 5.80. The summed E-state index contributed by atoms with van der Waals surface area (Å²) in [6.07, 6.45) is 1.77. The summed E-state index contributed by atoms with van der Waals surface area (Å²) >= 11 is 0. The molecule has 2 N–H and O–H groups in total. The van der Waals surface area contributed by atoms with Crippen LogP contribution in [0.15, 0.2) is 24.3 Å². The van der Waals surface area contributed by atoms with E-state index in [2.05, 4.69) is 22.0 Å². The van der Waals surface area contributed by atoms with Gasteiger partial charge in [0.15, 0.2) is 0 Å². The molecule has 1 aromatic carbocycles. The fourth-order valence-corrected chi connectivity index (χ4v) is 4.12. The van der Waals surface area contributed by atoms with Crippen molar-refractivity contribution in [2.75, 3.05) is 27.2 Å². The molecule has 0 aromatic heterocycles. The number of likely N-dealkylation sites (tertiary alicyclic amines) is 1. The molecule has 118 valence electrons. The lowest BCUT2D eigenvalue weighted by atomic mass is 10.1. The van der Waals surface area contributed by atoms with Crippen LogP contribution in [0.1, 0.15) is 24.0 Å². The van der Waals surface area contributed by atoms with Crippen molar-refractivity contribution in [2.45, 2.75) is 31.2 Å².